The van der Waals surface area contributed by atoms with Crippen LogP contribution in [-0.4, -0.2) is 64.7 Å². The Balaban J connectivity index is 0.00000243. The second kappa shape index (κ2) is 8.28. The van der Waals surface area contributed by atoms with E-state index in [4.69, 9.17) is 4.74 Å². The average Bonchev–Trinajstić information content (AvgIpc) is 3.05. The van der Waals surface area contributed by atoms with Crippen LogP contribution >= 0.6 is 35.3 Å². The standard InChI is InChI=1S/C17H27N5O2S.HI/c1-11-14(20-12(2)25-11)9-19-15-18-8-13-10-21(6-7-22(13)15)16(23)24-17(3,4)5;/h13H,6-10H2,1-5H3,(H,18,19);1H. The molecule has 26 heavy (non-hydrogen) atoms. The first-order valence-electron chi connectivity index (χ1n) is 8.69. The molecule has 1 atom stereocenters. The number of guanidine groups is 1. The van der Waals surface area contributed by atoms with Crippen LogP contribution in [0.25, 0.3) is 0 Å². The first-order chi connectivity index (χ1) is 11.7. The third-order valence-electron chi connectivity index (χ3n) is 4.27. The van der Waals surface area contributed by atoms with Crippen LogP contribution in [0.15, 0.2) is 4.99 Å². The number of nitrogens with zero attached hydrogens (tertiary/aromatic N) is 4. The molecule has 1 N–H and O–H groups in total. The number of rotatable bonds is 2. The van der Waals surface area contributed by atoms with Gasteiger partial charge in [0.25, 0.3) is 0 Å². The van der Waals surface area contributed by atoms with Crippen molar-refractivity contribution >= 4 is 47.4 Å². The summed E-state index contributed by atoms with van der Waals surface area (Å²) < 4.78 is 5.48. The van der Waals surface area contributed by atoms with E-state index in [2.05, 4.69) is 27.1 Å². The van der Waals surface area contributed by atoms with Crippen LogP contribution in [0.3, 0.4) is 0 Å². The molecule has 0 aliphatic carbocycles. The molecule has 0 radical (unpaired) electrons. The molecular formula is C17H28IN5O2S. The van der Waals surface area contributed by atoms with Crippen molar-refractivity contribution in [2.24, 2.45) is 4.99 Å². The molecule has 2 aliphatic heterocycles. The number of piperazine rings is 1. The van der Waals surface area contributed by atoms with Gasteiger partial charge >= 0.3 is 6.09 Å². The highest BCUT2D eigenvalue weighted by Crippen LogP contribution is 2.20. The van der Waals surface area contributed by atoms with E-state index in [-0.39, 0.29) is 36.1 Å². The number of carbonyl (C=O) groups is 1. The van der Waals surface area contributed by atoms with E-state index in [0.29, 0.717) is 26.2 Å². The molecule has 9 heteroatoms. The number of thiazole rings is 1. The highest BCUT2D eigenvalue weighted by molar-refractivity contribution is 14.0. The van der Waals surface area contributed by atoms with Gasteiger partial charge < -0.3 is 19.9 Å². The van der Waals surface area contributed by atoms with Crippen LogP contribution in [0.1, 0.15) is 36.3 Å². The molecule has 0 spiro atoms. The Hall–Kier alpha value is -1.10. The molecule has 1 amide bonds. The van der Waals surface area contributed by atoms with Gasteiger partial charge in [0.15, 0.2) is 5.96 Å². The van der Waals surface area contributed by atoms with Gasteiger partial charge in [-0.2, -0.15) is 0 Å². The van der Waals surface area contributed by atoms with E-state index in [9.17, 15) is 4.79 Å². The number of halogens is 1. The number of nitrogens with one attached hydrogen (secondary N) is 1. The second-order valence-corrected chi connectivity index (χ2v) is 8.93. The third-order valence-corrected chi connectivity index (χ3v) is 5.20. The van der Waals surface area contributed by atoms with E-state index in [1.807, 2.05) is 27.7 Å². The van der Waals surface area contributed by atoms with E-state index >= 15 is 0 Å². The molecule has 3 rings (SSSR count). The third kappa shape index (κ3) is 4.99. The summed E-state index contributed by atoms with van der Waals surface area (Å²) >= 11 is 1.72. The van der Waals surface area contributed by atoms with Crippen molar-refractivity contribution in [3.63, 3.8) is 0 Å². The average molecular weight is 493 g/mol. The fourth-order valence-corrected chi connectivity index (χ4v) is 3.96. The fraction of sp³-hybridized carbons (Fsp3) is 0.706. The summed E-state index contributed by atoms with van der Waals surface area (Å²) in [5.41, 5.74) is 0.623. The van der Waals surface area contributed by atoms with Crippen molar-refractivity contribution in [2.75, 3.05) is 26.2 Å². The number of hydrogen-bond acceptors (Lipinski definition) is 7. The summed E-state index contributed by atoms with van der Waals surface area (Å²) in [5.74, 6) is 0.916. The van der Waals surface area contributed by atoms with Gasteiger partial charge in [-0.1, -0.05) is 0 Å². The Bertz CT molecular complexity index is 685. The molecule has 1 fully saturated rings. The van der Waals surface area contributed by atoms with E-state index < -0.39 is 5.60 Å². The van der Waals surface area contributed by atoms with Crippen LogP contribution in [0, 0.1) is 13.8 Å². The molecule has 0 bridgehead atoms. The molecule has 7 nitrogen and oxygen atoms in total. The van der Waals surface area contributed by atoms with Gasteiger partial charge in [0.1, 0.15) is 5.60 Å². The van der Waals surface area contributed by atoms with Crippen LogP contribution in [-0.2, 0) is 11.3 Å². The van der Waals surface area contributed by atoms with Gasteiger partial charge in [0, 0.05) is 24.5 Å². The number of hydrogen-bond donors (Lipinski definition) is 1. The van der Waals surface area contributed by atoms with Crippen molar-refractivity contribution in [2.45, 2.75) is 52.8 Å². The van der Waals surface area contributed by atoms with Crippen LogP contribution < -0.4 is 5.32 Å². The molecule has 1 unspecified atom stereocenters. The number of carbonyl (C=O) groups excluding carboxylic acids is 1. The topological polar surface area (TPSA) is 70.1 Å². The van der Waals surface area contributed by atoms with E-state index in [1.165, 1.54) is 4.88 Å². The number of fused-ring (bicyclic) bond motifs is 1. The minimum Gasteiger partial charge on any atom is -0.444 e. The molecule has 1 saturated heterocycles. The Morgan fingerprint density at radius 3 is 2.69 bits per heavy atom. The molecule has 146 valence electrons. The number of ether oxygens (including phenoxy) is 1. The maximum absolute atomic E-state index is 12.3. The lowest BCUT2D eigenvalue weighted by Crippen LogP contribution is -2.57. The van der Waals surface area contributed by atoms with Gasteiger partial charge in [-0.25, -0.2) is 9.78 Å². The molecule has 2 aliphatic rings. The van der Waals surface area contributed by atoms with Crippen LogP contribution in [0.4, 0.5) is 4.79 Å². The molecule has 3 heterocycles. The minimum absolute atomic E-state index is 0. The van der Waals surface area contributed by atoms with Crippen molar-refractivity contribution in [1.82, 2.24) is 20.1 Å². The Morgan fingerprint density at radius 1 is 1.35 bits per heavy atom. The SMILES string of the molecule is Cc1nc(CNC2=NCC3CN(C(=O)OC(C)(C)C)CCN23)c(C)s1.I. The Morgan fingerprint density at radius 2 is 2.08 bits per heavy atom. The largest absolute Gasteiger partial charge is 0.444 e. The monoisotopic (exact) mass is 493 g/mol. The zero-order chi connectivity index (χ0) is 18.2. The van der Waals surface area contributed by atoms with Crippen molar-refractivity contribution in [1.29, 1.82) is 0 Å². The summed E-state index contributed by atoms with van der Waals surface area (Å²) in [6.07, 6.45) is -0.234. The van der Waals surface area contributed by atoms with Gasteiger partial charge in [-0.15, -0.1) is 35.3 Å². The quantitative estimate of drug-likeness (QED) is 0.642. The molecule has 1 aromatic rings. The van der Waals surface area contributed by atoms with Gasteiger partial charge in [0.05, 0.1) is 29.8 Å². The smallest absolute Gasteiger partial charge is 0.410 e. The summed E-state index contributed by atoms with van der Waals surface area (Å²) in [6, 6.07) is 0.224. The second-order valence-electron chi connectivity index (χ2n) is 7.53. The number of amides is 1. The lowest BCUT2D eigenvalue weighted by molar-refractivity contribution is 0.0137. The zero-order valence-electron chi connectivity index (χ0n) is 16.0. The van der Waals surface area contributed by atoms with Crippen molar-refractivity contribution in [3.05, 3.63) is 15.6 Å². The van der Waals surface area contributed by atoms with Gasteiger partial charge in [0.2, 0.25) is 0 Å². The maximum atomic E-state index is 12.3. The Kier molecular flexibility index (Phi) is 6.75. The first-order valence-corrected chi connectivity index (χ1v) is 9.50. The van der Waals surface area contributed by atoms with Crippen molar-refractivity contribution in [3.8, 4) is 0 Å². The molecular weight excluding hydrogens is 465 g/mol. The minimum atomic E-state index is -0.462. The molecule has 0 aromatic carbocycles. The summed E-state index contributed by atoms with van der Waals surface area (Å²) in [5, 5.41) is 4.51. The highest BCUT2D eigenvalue weighted by Gasteiger charge is 2.36. The lowest BCUT2D eigenvalue weighted by atomic mass is 10.2. The van der Waals surface area contributed by atoms with Crippen molar-refractivity contribution < 1.29 is 9.53 Å². The van der Waals surface area contributed by atoms with Gasteiger partial charge in [-0.3, -0.25) is 4.99 Å². The number of aromatic nitrogens is 1. The number of aliphatic imine (C=N–C) groups is 1. The predicted octanol–water partition coefficient (Wildman–Crippen LogP) is 2.76. The maximum Gasteiger partial charge on any atom is 0.410 e. The molecule has 1 aromatic heterocycles. The zero-order valence-corrected chi connectivity index (χ0v) is 19.2. The first kappa shape index (κ1) is 21.2. The normalized spacial score (nSPS) is 19.6. The summed E-state index contributed by atoms with van der Waals surface area (Å²) in [6.45, 7) is 13.3. The van der Waals surface area contributed by atoms with Crippen LogP contribution in [0.5, 0.6) is 0 Å². The lowest BCUT2D eigenvalue weighted by Gasteiger charge is -2.39. The fourth-order valence-electron chi connectivity index (χ4n) is 3.12. The molecule has 0 saturated carbocycles. The Labute approximate surface area is 176 Å². The van der Waals surface area contributed by atoms with Crippen LogP contribution in [0.2, 0.25) is 0 Å². The van der Waals surface area contributed by atoms with E-state index in [0.717, 1.165) is 23.2 Å². The van der Waals surface area contributed by atoms with E-state index in [1.54, 1.807) is 16.2 Å². The summed E-state index contributed by atoms with van der Waals surface area (Å²) in [4.78, 5) is 26.7. The predicted molar refractivity (Wildman–Crippen MR) is 114 cm³/mol. The number of aryl methyl sites for hydroxylation is 2. The summed E-state index contributed by atoms with van der Waals surface area (Å²) in [7, 11) is 0. The highest BCUT2D eigenvalue weighted by atomic mass is 127. The van der Waals surface area contributed by atoms with Gasteiger partial charge in [-0.05, 0) is 34.6 Å².